The molecule has 0 saturated heterocycles. The Kier molecular flexibility index (Phi) is 5.19. The molecule has 0 unspecified atom stereocenters. The van der Waals surface area contributed by atoms with Gasteiger partial charge >= 0.3 is 0 Å². The van der Waals surface area contributed by atoms with E-state index < -0.39 is 0 Å². The summed E-state index contributed by atoms with van der Waals surface area (Å²) in [5, 5.41) is 7.48. The smallest absolute Gasteiger partial charge is 0.275 e. The minimum absolute atomic E-state index is 0.113. The van der Waals surface area contributed by atoms with Crippen molar-refractivity contribution in [3.05, 3.63) is 40.6 Å². The van der Waals surface area contributed by atoms with Gasteiger partial charge in [-0.3, -0.25) is 4.79 Å². The van der Waals surface area contributed by atoms with Gasteiger partial charge < -0.3 is 5.32 Å². The van der Waals surface area contributed by atoms with Crippen LogP contribution in [-0.2, 0) is 6.42 Å². The number of thioether (sulfide) groups is 1. The Morgan fingerprint density at radius 1 is 1.35 bits per heavy atom. The summed E-state index contributed by atoms with van der Waals surface area (Å²) < 4.78 is 2.24. The molecule has 7 nitrogen and oxygen atoms in total. The fourth-order valence-corrected chi connectivity index (χ4v) is 3.87. The van der Waals surface area contributed by atoms with E-state index in [9.17, 15) is 4.79 Å². The zero-order valence-electron chi connectivity index (χ0n) is 12.6. The molecule has 0 saturated carbocycles. The molecule has 0 atom stereocenters. The van der Waals surface area contributed by atoms with Crippen molar-refractivity contribution in [2.75, 3.05) is 17.6 Å². The van der Waals surface area contributed by atoms with Crippen molar-refractivity contribution in [2.24, 2.45) is 0 Å². The lowest BCUT2D eigenvalue weighted by Gasteiger charge is -2.02. The molecule has 1 N–H and O–H groups in total. The normalized spacial score (nSPS) is 11.0. The first-order chi connectivity index (χ1) is 11.3. The summed E-state index contributed by atoms with van der Waals surface area (Å²) in [4.78, 5) is 25.2. The van der Waals surface area contributed by atoms with E-state index in [2.05, 4.69) is 25.4 Å². The molecule has 3 aromatic heterocycles. The van der Waals surface area contributed by atoms with E-state index in [-0.39, 0.29) is 5.56 Å². The molecule has 0 aliphatic heterocycles. The predicted molar refractivity (Wildman–Crippen MR) is 92.4 cm³/mol. The van der Waals surface area contributed by atoms with Crippen molar-refractivity contribution in [2.45, 2.75) is 24.1 Å². The van der Waals surface area contributed by atoms with Crippen molar-refractivity contribution in [3.63, 3.8) is 0 Å². The maximum absolute atomic E-state index is 11.9. The van der Waals surface area contributed by atoms with Gasteiger partial charge in [0.25, 0.3) is 5.56 Å². The molecule has 0 spiro atoms. The van der Waals surface area contributed by atoms with Crippen LogP contribution in [0.15, 0.2) is 33.7 Å². The van der Waals surface area contributed by atoms with Crippen LogP contribution < -0.4 is 10.9 Å². The second-order valence-corrected chi connectivity index (χ2v) is 7.00. The van der Waals surface area contributed by atoms with E-state index in [1.807, 2.05) is 6.92 Å². The highest BCUT2D eigenvalue weighted by Crippen LogP contribution is 2.23. The second kappa shape index (κ2) is 7.51. The summed E-state index contributed by atoms with van der Waals surface area (Å²) in [6.45, 7) is 2.78. The van der Waals surface area contributed by atoms with Gasteiger partial charge in [0.15, 0.2) is 4.34 Å². The molecule has 9 heteroatoms. The van der Waals surface area contributed by atoms with Gasteiger partial charge in [0, 0.05) is 36.5 Å². The minimum atomic E-state index is -0.113. The number of aryl methyl sites for hydroxylation is 1. The third-order valence-corrected chi connectivity index (χ3v) is 5.17. The highest BCUT2D eigenvalue weighted by Gasteiger charge is 2.08. The van der Waals surface area contributed by atoms with Crippen LogP contribution in [0.5, 0.6) is 0 Å². The highest BCUT2D eigenvalue weighted by atomic mass is 32.2. The average molecular weight is 348 g/mol. The fourth-order valence-electron chi connectivity index (χ4n) is 1.90. The number of nitrogens with zero attached hydrogens (tertiary/aromatic N) is 5. The van der Waals surface area contributed by atoms with E-state index in [1.54, 1.807) is 36.3 Å². The summed E-state index contributed by atoms with van der Waals surface area (Å²) in [5.74, 6) is 1.54. The van der Waals surface area contributed by atoms with E-state index in [0.717, 1.165) is 35.2 Å². The maximum Gasteiger partial charge on any atom is 0.275 e. The molecule has 0 radical (unpaired) electrons. The molecule has 0 aliphatic rings. The fraction of sp³-hybridized carbons (Fsp3) is 0.357. The average Bonchev–Trinajstić information content (AvgIpc) is 2.99. The third-order valence-electron chi connectivity index (χ3n) is 3.04. The first-order valence-electron chi connectivity index (χ1n) is 7.30. The molecule has 3 aromatic rings. The molecule has 0 fully saturated rings. The summed E-state index contributed by atoms with van der Waals surface area (Å²) in [6.07, 6.45) is 5.11. The van der Waals surface area contributed by atoms with Gasteiger partial charge in [-0.05, 0) is 18.9 Å². The molecule has 3 rings (SSSR count). The molecular weight excluding hydrogens is 332 g/mol. The number of fused-ring (bicyclic) bond motifs is 1. The highest BCUT2D eigenvalue weighted by molar-refractivity contribution is 8.01. The molecule has 3 heterocycles. The van der Waals surface area contributed by atoms with Crippen molar-refractivity contribution >= 4 is 34.0 Å². The lowest BCUT2D eigenvalue weighted by atomic mass is 10.3. The van der Waals surface area contributed by atoms with E-state index in [4.69, 9.17) is 0 Å². The van der Waals surface area contributed by atoms with Gasteiger partial charge in [-0.25, -0.2) is 15.0 Å². The van der Waals surface area contributed by atoms with Gasteiger partial charge in [-0.1, -0.05) is 30.0 Å². The quantitative estimate of drug-likeness (QED) is 0.517. The van der Waals surface area contributed by atoms with Gasteiger partial charge in [-0.15, -0.1) is 5.10 Å². The van der Waals surface area contributed by atoms with Crippen LogP contribution in [0.3, 0.4) is 0 Å². The molecule has 0 bridgehead atoms. The third kappa shape index (κ3) is 4.05. The largest absolute Gasteiger partial charge is 0.354 e. The monoisotopic (exact) mass is 348 g/mol. The zero-order chi connectivity index (χ0) is 16.1. The molecule has 23 heavy (non-hydrogen) atoms. The van der Waals surface area contributed by atoms with Crippen molar-refractivity contribution < 1.29 is 0 Å². The van der Waals surface area contributed by atoms with Crippen LogP contribution in [0, 0.1) is 0 Å². The number of hydrogen-bond acceptors (Lipinski definition) is 8. The van der Waals surface area contributed by atoms with Crippen molar-refractivity contribution in [1.82, 2.24) is 24.6 Å². The zero-order valence-corrected chi connectivity index (χ0v) is 14.2. The second-order valence-electron chi connectivity index (χ2n) is 4.70. The number of aromatic nitrogens is 5. The van der Waals surface area contributed by atoms with Crippen molar-refractivity contribution in [1.29, 1.82) is 0 Å². The number of rotatable bonds is 7. The van der Waals surface area contributed by atoms with Gasteiger partial charge in [0.05, 0.1) is 0 Å². The number of anilines is 1. The van der Waals surface area contributed by atoms with Gasteiger partial charge in [0.2, 0.25) is 10.9 Å². The predicted octanol–water partition coefficient (Wildman–Crippen LogP) is 2.10. The first-order valence-corrected chi connectivity index (χ1v) is 9.10. The van der Waals surface area contributed by atoms with Crippen LogP contribution >= 0.6 is 23.1 Å². The van der Waals surface area contributed by atoms with Crippen LogP contribution in [0.1, 0.15) is 19.0 Å². The summed E-state index contributed by atoms with van der Waals surface area (Å²) in [6, 6.07) is 3.33. The van der Waals surface area contributed by atoms with Crippen LogP contribution in [-0.4, -0.2) is 36.9 Å². The molecular formula is C14H16N6OS2. The van der Waals surface area contributed by atoms with E-state index in [0.29, 0.717) is 10.9 Å². The molecule has 0 aromatic carbocycles. The van der Waals surface area contributed by atoms with Crippen molar-refractivity contribution in [3.8, 4) is 0 Å². The van der Waals surface area contributed by atoms with Gasteiger partial charge in [-0.2, -0.15) is 4.52 Å². The van der Waals surface area contributed by atoms with Gasteiger partial charge in [0.1, 0.15) is 0 Å². The standard InChI is InChI=1S/C14H16N6OS2/c1-2-10-9-11(21)20-13(18-10)23-14(19-20)22-8-4-7-17-12-15-5-3-6-16-12/h3,5-6,9H,2,4,7-8H2,1H3,(H,15,16,17). The van der Waals surface area contributed by atoms with Crippen LogP contribution in [0.2, 0.25) is 0 Å². The summed E-state index contributed by atoms with van der Waals surface area (Å²) in [7, 11) is 0. The first kappa shape index (κ1) is 15.9. The summed E-state index contributed by atoms with van der Waals surface area (Å²) in [5.41, 5.74) is 0.695. The Bertz CT molecular complexity index is 832. The SMILES string of the molecule is CCc1cc(=O)n2nc(SCCCNc3ncccn3)sc2n1. The Balaban J connectivity index is 1.53. The molecule has 0 aliphatic carbocycles. The number of nitrogens with one attached hydrogen (secondary N) is 1. The lowest BCUT2D eigenvalue weighted by Crippen LogP contribution is -2.15. The van der Waals surface area contributed by atoms with E-state index >= 15 is 0 Å². The lowest BCUT2D eigenvalue weighted by molar-refractivity contribution is 0.841. The maximum atomic E-state index is 11.9. The molecule has 0 amide bonds. The summed E-state index contributed by atoms with van der Waals surface area (Å²) >= 11 is 3.08. The van der Waals surface area contributed by atoms with Crippen LogP contribution in [0.25, 0.3) is 4.96 Å². The van der Waals surface area contributed by atoms with E-state index in [1.165, 1.54) is 15.9 Å². The minimum Gasteiger partial charge on any atom is -0.354 e. The Hall–Kier alpha value is -2.00. The Labute approximate surface area is 141 Å². The van der Waals surface area contributed by atoms with Crippen LogP contribution in [0.4, 0.5) is 5.95 Å². The number of hydrogen-bond donors (Lipinski definition) is 1. The molecule has 120 valence electrons. The topological polar surface area (TPSA) is 85.1 Å². The Morgan fingerprint density at radius 3 is 2.96 bits per heavy atom. The Morgan fingerprint density at radius 2 is 2.17 bits per heavy atom.